The summed E-state index contributed by atoms with van der Waals surface area (Å²) in [6, 6.07) is 15.7. The van der Waals surface area contributed by atoms with Gasteiger partial charge in [-0.2, -0.15) is 0 Å². The molecule has 0 unspecified atom stereocenters. The summed E-state index contributed by atoms with van der Waals surface area (Å²) in [6.45, 7) is 0. The van der Waals surface area contributed by atoms with Crippen LogP contribution < -0.4 is 15.8 Å². The fourth-order valence-electron chi connectivity index (χ4n) is 2.06. The van der Waals surface area contributed by atoms with Crippen molar-refractivity contribution in [3.8, 4) is 5.75 Å². The first kappa shape index (κ1) is 16.1. The molecule has 0 amide bonds. The molecule has 1 aromatic heterocycles. The molecule has 0 fully saturated rings. The minimum absolute atomic E-state index is 0.807. The van der Waals surface area contributed by atoms with Gasteiger partial charge in [0.1, 0.15) is 5.75 Å². The second-order valence-corrected chi connectivity index (χ2v) is 4.93. The zero-order chi connectivity index (χ0) is 15.9. The number of nitrogens with two attached hydrogens (primary N) is 1. The lowest BCUT2D eigenvalue weighted by molar-refractivity contribution is 0.415. The maximum absolute atomic E-state index is 5.22. The number of hydrogen-bond donors (Lipinski definition) is 3. The van der Waals surface area contributed by atoms with Crippen LogP contribution in [-0.4, -0.2) is 19.1 Å². The van der Waals surface area contributed by atoms with E-state index in [9.17, 15) is 0 Å². The number of thiol groups is 1. The summed E-state index contributed by atoms with van der Waals surface area (Å²) in [7, 11) is 3.16. The van der Waals surface area contributed by atoms with Gasteiger partial charge in [-0.15, -0.1) is 12.6 Å². The molecule has 0 aliphatic rings. The van der Waals surface area contributed by atoms with Gasteiger partial charge in [0.25, 0.3) is 0 Å². The number of ether oxygens (including phenoxy) is 1. The molecule has 114 valence electrons. The standard InChI is InChI=1S/C16H14N2OS.CH5N/c1-19-12-4-7-14-15(8-9-17-16(14)10-12)18-11-2-5-13(20)6-3-11;1-2/h2-10,20H,1H3,(H,17,18);2H2,1H3. The molecule has 0 saturated carbocycles. The van der Waals surface area contributed by atoms with E-state index in [4.69, 9.17) is 4.74 Å². The minimum atomic E-state index is 0.807. The molecule has 0 saturated heterocycles. The topological polar surface area (TPSA) is 60.2 Å². The molecular weight excluding hydrogens is 294 g/mol. The monoisotopic (exact) mass is 313 g/mol. The average molecular weight is 313 g/mol. The Hall–Kier alpha value is -2.24. The predicted molar refractivity (Wildman–Crippen MR) is 95.4 cm³/mol. The molecule has 22 heavy (non-hydrogen) atoms. The minimum Gasteiger partial charge on any atom is -0.497 e. The van der Waals surface area contributed by atoms with E-state index in [2.05, 4.69) is 28.7 Å². The van der Waals surface area contributed by atoms with E-state index >= 15 is 0 Å². The molecule has 2 aromatic carbocycles. The number of pyridine rings is 1. The van der Waals surface area contributed by atoms with Gasteiger partial charge < -0.3 is 15.8 Å². The van der Waals surface area contributed by atoms with Crippen LogP contribution in [-0.2, 0) is 0 Å². The van der Waals surface area contributed by atoms with Crippen LogP contribution in [0.15, 0.2) is 59.6 Å². The highest BCUT2D eigenvalue weighted by Crippen LogP contribution is 2.28. The van der Waals surface area contributed by atoms with Crippen molar-refractivity contribution in [3.05, 3.63) is 54.7 Å². The maximum Gasteiger partial charge on any atom is 0.121 e. The number of nitrogens with zero attached hydrogens (tertiary/aromatic N) is 1. The van der Waals surface area contributed by atoms with Crippen molar-refractivity contribution in [1.29, 1.82) is 0 Å². The summed E-state index contributed by atoms with van der Waals surface area (Å²) in [6.07, 6.45) is 1.79. The van der Waals surface area contributed by atoms with Gasteiger partial charge in [-0.3, -0.25) is 4.98 Å². The first-order chi connectivity index (χ1) is 10.8. The lowest BCUT2D eigenvalue weighted by atomic mass is 10.1. The lowest BCUT2D eigenvalue weighted by Crippen LogP contribution is -1.93. The maximum atomic E-state index is 5.22. The smallest absolute Gasteiger partial charge is 0.121 e. The SMILES string of the molecule is CN.COc1ccc2c(Nc3ccc(S)cc3)ccnc2c1. The normalized spacial score (nSPS) is 9.82. The van der Waals surface area contributed by atoms with E-state index in [-0.39, 0.29) is 0 Å². The molecule has 0 aliphatic carbocycles. The summed E-state index contributed by atoms with van der Waals surface area (Å²) in [5, 5.41) is 4.46. The zero-order valence-electron chi connectivity index (χ0n) is 12.6. The van der Waals surface area contributed by atoms with Crippen molar-refractivity contribution in [2.45, 2.75) is 4.90 Å². The van der Waals surface area contributed by atoms with E-state index in [0.717, 1.165) is 32.9 Å². The second kappa shape index (κ2) is 7.68. The van der Waals surface area contributed by atoms with Gasteiger partial charge in [0.05, 0.1) is 12.6 Å². The number of aromatic nitrogens is 1. The largest absolute Gasteiger partial charge is 0.497 e. The lowest BCUT2D eigenvalue weighted by Gasteiger charge is -2.10. The Bertz CT molecular complexity index is 744. The first-order valence-corrected chi connectivity index (χ1v) is 7.27. The van der Waals surface area contributed by atoms with Crippen LogP contribution in [0.5, 0.6) is 5.75 Å². The Morgan fingerprint density at radius 1 is 1.05 bits per heavy atom. The van der Waals surface area contributed by atoms with E-state index in [1.807, 2.05) is 48.5 Å². The van der Waals surface area contributed by atoms with Crippen LogP contribution in [0.4, 0.5) is 11.4 Å². The number of nitrogens with one attached hydrogen (secondary N) is 1. The third-order valence-corrected chi connectivity index (χ3v) is 3.39. The molecule has 0 atom stereocenters. The van der Waals surface area contributed by atoms with E-state index < -0.39 is 0 Å². The number of anilines is 2. The molecule has 0 aliphatic heterocycles. The number of benzene rings is 2. The van der Waals surface area contributed by atoms with E-state index in [1.165, 1.54) is 7.05 Å². The van der Waals surface area contributed by atoms with Crippen molar-refractivity contribution in [2.24, 2.45) is 5.73 Å². The van der Waals surface area contributed by atoms with Crippen molar-refractivity contribution in [3.63, 3.8) is 0 Å². The van der Waals surface area contributed by atoms with E-state index in [1.54, 1.807) is 13.3 Å². The molecule has 3 N–H and O–H groups in total. The van der Waals surface area contributed by atoms with Gasteiger partial charge in [-0.1, -0.05) is 0 Å². The van der Waals surface area contributed by atoms with Crippen LogP contribution >= 0.6 is 12.6 Å². The third kappa shape index (κ3) is 3.69. The van der Waals surface area contributed by atoms with Crippen LogP contribution in [0, 0.1) is 0 Å². The summed E-state index contributed by atoms with van der Waals surface area (Å²) in [5.74, 6) is 0.807. The number of rotatable bonds is 3. The van der Waals surface area contributed by atoms with Crippen molar-refractivity contribution >= 4 is 34.9 Å². The van der Waals surface area contributed by atoms with Gasteiger partial charge >= 0.3 is 0 Å². The fraction of sp³-hybridized carbons (Fsp3) is 0.118. The average Bonchev–Trinajstić information content (AvgIpc) is 2.58. The van der Waals surface area contributed by atoms with E-state index in [0.29, 0.717) is 0 Å². The van der Waals surface area contributed by atoms with Crippen molar-refractivity contribution in [2.75, 3.05) is 19.5 Å². The highest BCUT2D eigenvalue weighted by molar-refractivity contribution is 7.80. The molecular formula is C17H19N3OS. The quantitative estimate of drug-likeness (QED) is 0.643. The molecule has 3 aromatic rings. The molecule has 0 spiro atoms. The summed E-state index contributed by atoms with van der Waals surface area (Å²) >= 11 is 4.29. The Kier molecular flexibility index (Phi) is 5.63. The molecule has 0 radical (unpaired) electrons. The Labute approximate surface area is 135 Å². The third-order valence-electron chi connectivity index (χ3n) is 3.10. The Morgan fingerprint density at radius 2 is 1.77 bits per heavy atom. The van der Waals surface area contributed by atoms with Crippen LogP contribution in [0.3, 0.4) is 0 Å². The first-order valence-electron chi connectivity index (χ1n) is 6.83. The number of fused-ring (bicyclic) bond motifs is 1. The van der Waals surface area contributed by atoms with Crippen molar-refractivity contribution < 1.29 is 4.74 Å². The van der Waals surface area contributed by atoms with Crippen LogP contribution in [0.2, 0.25) is 0 Å². The van der Waals surface area contributed by atoms with Crippen LogP contribution in [0.1, 0.15) is 0 Å². The van der Waals surface area contributed by atoms with Gasteiger partial charge in [0.2, 0.25) is 0 Å². The number of methoxy groups -OCH3 is 1. The second-order valence-electron chi connectivity index (χ2n) is 4.41. The summed E-state index contributed by atoms with van der Waals surface area (Å²) in [5.41, 5.74) is 7.44. The Morgan fingerprint density at radius 3 is 2.45 bits per heavy atom. The predicted octanol–water partition coefficient (Wildman–Crippen LogP) is 3.85. The highest BCUT2D eigenvalue weighted by atomic mass is 32.1. The number of hydrogen-bond acceptors (Lipinski definition) is 5. The van der Waals surface area contributed by atoms with Crippen molar-refractivity contribution in [1.82, 2.24) is 4.98 Å². The molecule has 3 rings (SSSR count). The van der Waals surface area contributed by atoms with Gasteiger partial charge in [0.15, 0.2) is 0 Å². The molecule has 5 heteroatoms. The summed E-state index contributed by atoms with van der Waals surface area (Å²) in [4.78, 5) is 5.32. The van der Waals surface area contributed by atoms with Crippen LogP contribution in [0.25, 0.3) is 10.9 Å². The fourth-order valence-corrected chi connectivity index (χ4v) is 2.21. The molecule has 0 bridgehead atoms. The Balaban J connectivity index is 0.000000847. The molecule has 4 nitrogen and oxygen atoms in total. The molecule has 1 heterocycles. The van der Waals surface area contributed by atoms with Gasteiger partial charge in [-0.05, 0) is 49.5 Å². The van der Waals surface area contributed by atoms with Gasteiger partial charge in [-0.25, -0.2) is 0 Å². The highest BCUT2D eigenvalue weighted by Gasteiger charge is 2.03. The zero-order valence-corrected chi connectivity index (χ0v) is 13.5. The summed E-state index contributed by atoms with van der Waals surface area (Å²) < 4.78 is 5.22. The van der Waals surface area contributed by atoms with Gasteiger partial charge in [0, 0.05) is 33.9 Å².